The molecular formula is C32H31ClN4O5S. The van der Waals surface area contributed by atoms with Gasteiger partial charge in [-0.25, -0.2) is 13.8 Å². The molecule has 0 unspecified atom stereocenters. The monoisotopic (exact) mass is 618 g/mol. The van der Waals surface area contributed by atoms with Gasteiger partial charge in [-0.2, -0.15) is 5.10 Å². The Morgan fingerprint density at radius 3 is 2.26 bits per heavy atom. The van der Waals surface area contributed by atoms with Crippen LogP contribution < -0.4 is 19.8 Å². The van der Waals surface area contributed by atoms with Crippen molar-refractivity contribution >= 4 is 45.3 Å². The SMILES string of the molecule is Cc1ccc(Cl)cc1N(CC(=O)N/N=C\c1ccc(OCC(=O)N[C@@H](C)c2ccccc2)cc1)S(=O)(=O)c1ccccc1. The van der Waals surface area contributed by atoms with E-state index in [1.54, 1.807) is 61.5 Å². The third kappa shape index (κ3) is 8.67. The predicted octanol–water partition coefficient (Wildman–Crippen LogP) is 5.25. The fourth-order valence-corrected chi connectivity index (χ4v) is 5.79. The molecular weight excluding hydrogens is 588 g/mol. The number of anilines is 1. The highest BCUT2D eigenvalue weighted by Crippen LogP contribution is 2.29. The van der Waals surface area contributed by atoms with Crippen molar-refractivity contribution in [2.75, 3.05) is 17.5 Å². The summed E-state index contributed by atoms with van der Waals surface area (Å²) < 4.78 is 33.6. The average Bonchev–Trinajstić information content (AvgIpc) is 3.01. The Labute approximate surface area is 256 Å². The number of nitrogens with zero attached hydrogens (tertiary/aromatic N) is 2. The summed E-state index contributed by atoms with van der Waals surface area (Å²) in [6, 6.07) is 28.9. The van der Waals surface area contributed by atoms with Crippen LogP contribution in [0.5, 0.6) is 5.75 Å². The number of amides is 2. The van der Waals surface area contributed by atoms with Crippen LogP contribution in [-0.2, 0) is 19.6 Å². The molecule has 0 aliphatic heterocycles. The molecule has 0 heterocycles. The van der Waals surface area contributed by atoms with Crippen LogP contribution in [0.1, 0.15) is 29.7 Å². The highest BCUT2D eigenvalue weighted by Gasteiger charge is 2.28. The Hall–Kier alpha value is -4.67. The second-order valence-electron chi connectivity index (χ2n) is 9.61. The summed E-state index contributed by atoms with van der Waals surface area (Å²) in [4.78, 5) is 25.1. The molecule has 0 saturated heterocycles. The van der Waals surface area contributed by atoms with Crippen molar-refractivity contribution < 1.29 is 22.7 Å². The van der Waals surface area contributed by atoms with Gasteiger partial charge in [-0.3, -0.25) is 13.9 Å². The Bertz CT molecular complexity index is 1680. The molecule has 0 saturated carbocycles. The van der Waals surface area contributed by atoms with Crippen molar-refractivity contribution in [3.63, 3.8) is 0 Å². The topological polar surface area (TPSA) is 117 Å². The van der Waals surface area contributed by atoms with E-state index < -0.39 is 22.5 Å². The summed E-state index contributed by atoms with van der Waals surface area (Å²) in [5, 5.41) is 7.20. The van der Waals surface area contributed by atoms with Gasteiger partial charge in [-0.15, -0.1) is 0 Å². The first-order valence-electron chi connectivity index (χ1n) is 13.4. The van der Waals surface area contributed by atoms with Crippen molar-refractivity contribution in [3.8, 4) is 5.75 Å². The average molecular weight is 619 g/mol. The van der Waals surface area contributed by atoms with Crippen LogP contribution in [0.3, 0.4) is 0 Å². The predicted molar refractivity (Wildman–Crippen MR) is 168 cm³/mol. The van der Waals surface area contributed by atoms with Crippen LogP contribution in [0.2, 0.25) is 5.02 Å². The van der Waals surface area contributed by atoms with Gasteiger partial charge in [0, 0.05) is 5.02 Å². The second-order valence-corrected chi connectivity index (χ2v) is 11.9. The third-order valence-corrected chi connectivity index (χ3v) is 8.40. The number of ether oxygens (including phenoxy) is 1. The molecule has 4 aromatic carbocycles. The third-order valence-electron chi connectivity index (χ3n) is 6.39. The zero-order chi connectivity index (χ0) is 30.8. The first-order valence-corrected chi connectivity index (χ1v) is 15.2. The van der Waals surface area contributed by atoms with Crippen LogP contribution in [0.15, 0.2) is 113 Å². The van der Waals surface area contributed by atoms with Crippen molar-refractivity contribution in [2.24, 2.45) is 5.10 Å². The summed E-state index contributed by atoms with van der Waals surface area (Å²) in [6.45, 7) is 2.97. The number of benzene rings is 4. The number of aryl methyl sites for hydroxylation is 1. The largest absolute Gasteiger partial charge is 0.484 e. The molecule has 43 heavy (non-hydrogen) atoms. The minimum atomic E-state index is -4.08. The van der Waals surface area contributed by atoms with E-state index >= 15 is 0 Å². The lowest BCUT2D eigenvalue weighted by molar-refractivity contribution is -0.123. The van der Waals surface area contributed by atoms with Gasteiger partial charge in [0.2, 0.25) is 0 Å². The highest BCUT2D eigenvalue weighted by atomic mass is 35.5. The number of hydrazone groups is 1. The summed E-state index contributed by atoms with van der Waals surface area (Å²) >= 11 is 6.16. The number of carbonyl (C=O) groups is 2. The maximum Gasteiger partial charge on any atom is 0.264 e. The van der Waals surface area contributed by atoms with E-state index in [1.165, 1.54) is 24.4 Å². The van der Waals surface area contributed by atoms with E-state index in [-0.39, 0.29) is 29.1 Å². The molecule has 4 rings (SSSR count). The second kappa shape index (κ2) is 14.5. The van der Waals surface area contributed by atoms with Gasteiger partial charge in [-0.05, 0) is 79.1 Å². The minimum absolute atomic E-state index is 0.0381. The molecule has 0 spiro atoms. The number of nitrogens with one attached hydrogen (secondary N) is 2. The van der Waals surface area contributed by atoms with E-state index in [2.05, 4.69) is 15.8 Å². The number of halogens is 1. The number of hydrogen-bond acceptors (Lipinski definition) is 6. The quantitative estimate of drug-likeness (QED) is 0.166. The molecule has 0 aliphatic rings. The Morgan fingerprint density at radius 1 is 0.930 bits per heavy atom. The Morgan fingerprint density at radius 2 is 1.58 bits per heavy atom. The molecule has 0 radical (unpaired) electrons. The van der Waals surface area contributed by atoms with Gasteiger partial charge in [0.15, 0.2) is 6.61 Å². The van der Waals surface area contributed by atoms with Gasteiger partial charge in [-0.1, -0.05) is 66.2 Å². The normalized spacial score (nSPS) is 12.0. The minimum Gasteiger partial charge on any atom is -0.484 e. The standard InChI is InChI=1S/C32H31ClN4O5S/c1-23-13-16-27(33)19-30(23)37(43(40,41)29-11-7-4-8-12-29)21-31(38)36-34-20-25-14-17-28(18-15-25)42-22-32(39)35-24(2)26-9-5-3-6-10-26/h3-20,24H,21-22H2,1-2H3,(H,35,39)(H,36,38)/b34-20-/t24-/m0/s1. The van der Waals surface area contributed by atoms with Crippen molar-refractivity contribution in [1.82, 2.24) is 10.7 Å². The fourth-order valence-electron chi connectivity index (χ4n) is 4.12. The van der Waals surface area contributed by atoms with E-state index in [4.69, 9.17) is 16.3 Å². The number of sulfonamides is 1. The van der Waals surface area contributed by atoms with Crippen LogP contribution in [0.25, 0.3) is 0 Å². The summed E-state index contributed by atoms with van der Waals surface area (Å²) in [6.07, 6.45) is 1.41. The smallest absolute Gasteiger partial charge is 0.264 e. The molecule has 4 aromatic rings. The van der Waals surface area contributed by atoms with E-state index in [0.717, 1.165) is 9.87 Å². The van der Waals surface area contributed by atoms with Crippen molar-refractivity contribution in [2.45, 2.75) is 24.8 Å². The lowest BCUT2D eigenvalue weighted by Crippen LogP contribution is -2.40. The van der Waals surface area contributed by atoms with Crippen LogP contribution in [-0.4, -0.2) is 39.6 Å². The molecule has 11 heteroatoms. The van der Waals surface area contributed by atoms with Crippen LogP contribution in [0, 0.1) is 6.92 Å². The summed E-state index contributed by atoms with van der Waals surface area (Å²) in [5.41, 5.74) is 4.94. The van der Waals surface area contributed by atoms with Gasteiger partial charge in [0.05, 0.1) is 22.8 Å². The summed E-state index contributed by atoms with van der Waals surface area (Å²) in [5.74, 6) is -0.408. The number of hydrogen-bond donors (Lipinski definition) is 2. The maximum absolute atomic E-state index is 13.5. The molecule has 1 atom stereocenters. The van der Waals surface area contributed by atoms with Crippen molar-refractivity contribution in [1.29, 1.82) is 0 Å². The van der Waals surface area contributed by atoms with Crippen LogP contribution in [0.4, 0.5) is 5.69 Å². The zero-order valence-electron chi connectivity index (χ0n) is 23.6. The van der Waals surface area contributed by atoms with E-state index in [0.29, 0.717) is 21.9 Å². The maximum atomic E-state index is 13.5. The van der Waals surface area contributed by atoms with E-state index in [1.807, 2.05) is 37.3 Å². The number of rotatable bonds is 12. The molecule has 222 valence electrons. The number of carbonyl (C=O) groups excluding carboxylic acids is 2. The van der Waals surface area contributed by atoms with Crippen LogP contribution >= 0.6 is 11.6 Å². The first-order chi connectivity index (χ1) is 20.6. The molecule has 0 aliphatic carbocycles. The van der Waals surface area contributed by atoms with Gasteiger partial charge < -0.3 is 10.1 Å². The molecule has 0 bridgehead atoms. The molecule has 0 aromatic heterocycles. The Balaban J connectivity index is 1.34. The fraction of sp³-hybridized carbons (Fsp3) is 0.156. The van der Waals surface area contributed by atoms with Gasteiger partial charge in [0.1, 0.15) is 12.3 Å². The lowest BCUT2D eigenvalue weighted by atomic mass is 10.1. The summed E-state index contributed by atoms with van der Waals surface area (Å²) in [7, 11) is -4.08. The molecule has 0 fully saturated rings. The first kappa shape index (κ1) is 31.3. The molecule has 2 amide bonds. The Kier molecular flexibility index (Phi) is 10.5. The van der Waals surface area contributed by atoms with Gasteiger partial charge in [0.25, 0.3) is 21.8 Å². The molecule has 9 nitrogen and oxygen atoms in total. The zero-order valence-corrected chi connectivity index (χ0v) is 25.2. The van der Waals surface area contributed by atoms with Gasteiger partial charge >= 0.3 is 0 Å². The van der Waals surface area contributed by atoms with E-state index in [9.17, 15) is 18.0 Å². The highest BCUT2D eigenvalue weighted by molar-refractivity contribution is 7.92. The van der Waals surface area contributed by atoms with Crippen molar-refractivity contribution in [3.05, 3.63) is 125 Å². The molecule has 2 N–H and O–H groups in total. The lowest BCUT2D eigenvalue weighted by Gasteiger charge is -2.25.